The summed E-state index contributed by atoms with van der Waals surface area (Å²) in [5.74, 6) is 1.74. The number of hydrogen-bond acceptors (Lipinski definition) is 4. The monoisotopic (exact) mass is 415 g/mol. The van der Waals surface area contributed by atoms with Crippen LogP contribution in [0.15, 0.2) is 72.8 Å². The number of nitrogens with zero attached hydrogens (tertiary/aromatic N) is 1. The number of methoxy groups -OCH3 is 1. The molecule has 1 heterocycles. The third kappa shape index (κ3) is 4.72. The second-order valence-electron chi connectivity index (χ2n) is 7.30. The Kier molecular flexibility index (Phi) is 6.22. The van der Waals surface area contributed by atoms with Crippen LogP contribution in [0, 0.1) is 0 Å². The number of rotatable bonds is 6. The van der Waals surface area contributed by atoms with E-state index in [1.165, 1.54) is 0 Å². The molecule has 0 atom stereocenters. The first-order chi connectivity index (χ1) is 15.2. The molecule has 0 saturated heterocycles. The molecule has 1 aliphatic heterocycles. The number of fused-ring (bicyclic) bond motifs is 1. The summed E-state index contributed by atoms with van der Waals surface area (Å²) >= 11 is 0. The molecule has 0 unspecified atom stereocenters. The molecule has 0 radical (unpaired) electrons. The van der Waals surface area contributed by atoms with Gasteiger partial charge in [-0.25, -0.2) is 0 Å². The van der Waals surface area contributed by atoms with E-state index in [4.69, 9.17) is 14.2 Å². The highest BCUT2D eigenvalue weighted by atomic mass is 16.6. The third-order valence-electron chi connectivity index (χ3n) is 5.15. The van der Waals surface area contributed by atoms with Crippen molar-refractivity contribution in [2.45, 2.75) is 6.54 Å². The molecule has 158 valence electrons. The lowest BCUT2D eigenvalue weighted by molar-refractivity contribution is -0.125. The molecule has 0 bridgehead atoms. The molecular formula is C26H25NO4. The lowest BCUT2D eigenvalue weighted by Gasteiger charge is -2.21. The Balaban J connectivity index is 1.50. The maximum absolute atomic E-state index is 12.8. The van der Waals surface area contributed by atoms with Crippen LogP contribution in [-0.4, -0.2) is 38.2 Å². The molecule has 3 aromatic rings. The average molecular weight is 415 g/mol. The van der Waals surface area contributed by atoms with Gasteiger partial charge in [-0.2, -0.15) is 0 Å². The number of carbonyl (C=O) groups is 1. The number of ether oxygens (including phenoxy) is 3. The van der Waals surface area contributed by atoms with E-state index >= 15 is 0 Å². The van der Waals surface area contributed by atoms with Gasteiger partial charge in [-0.3, -0.25) is 4.79 Å². The van der Waals surface area contributed by atoms with Crippen LogP contribution in [0.5, 0.6) is 17.2 Å². The van der Waals surface area contributed by atoms with Crippen LogP contribution in [0.1, 0.15) is 11.1 Å². The molecule has 4 rings (SSSR count). The molecular weight excluding hydrogens is 390 g/mol. The Morgan fingerprint density at radius 1 is 1.03 bits per heavy atom. The molecule has 0 aromatic heterocycles. The molecule has 31 heavy (non-hydrogen) atoms. The first-order valence-corrected chi connectivity index (χ1v) is 10.2. The SMILES string of the molecule is COc1cc(C=CC(=O)N(C)Cc2ccccc2-c2ccccc2)cc2c1OCCO2. The largest absolute Gasteiger partial charge is 0.493 e. The summed E-state index contributed by atoms with van der Waals surface area (Å²) in [6.07, 6.45) is 3.33. The predicted octanol–water partition coefficient (Wildman–Crippen LogP) is 4.81. The smallest absolute Gasteiger partial charge is 0.246 e. The zero-order chi connectivity index (χ0) is 21.6. The minimum atomic E-state index is -0.0864. The zero-order valence-electron chi connectivity index (χ0n) is 17.7. The maximum atomic E-state index is 12.8. The standard InChI is InChI=1S/C26H25NO4/c1-27(18-21-10-6-7-11-22(21)20-8-4-3-5-9-20)25(28)13-12-19-16-23(29-2)26-24(17-19)30-14-15-31-26/h3-13,16-17H,14-15,18H2,1-2H3. The summed E-state index contributed by atoms with van der Waals surface area (Å²) in [5, 5.41) is 0. The van der Waals surface area contributed by atoms with E-state index in [0.29, 0.717) is 37.0 Å². The topological polar surface area (TPSA) is 48.0 Å². The van der Waals surface area contributed by atoms with Crippen LogP contribution in [-0.2, 0) is 11.3 Å². The van der Waals surface area contributed by atoms with Crippen molar-refractivity contribution >= 4 is 12.0 Å². The summed E-state index contributed by atoms with van der Waals surface area (Å²) in [6, 6.07) is 22.0. The molecule has 0 spiro atoms. The van der Waals surface area contributed by atoms with Crippen LogP contribution in [0.25, 0.3) is 17.2 Å². The molecule has 1 amide bonds. The van der Waals surface area contributed by atoms with E-state index in [2.05, 4.69) is 24.3 Å². The number of likely N-dealkylation sites (N-methyl/N-ethyl adjacent to an activating group) is 1. The van der Waals surface area contributed by atoms with Crippen molar-refractivity contribution in [2.24, 2.45) is 0 Å². The second-order valence-corrected chi connectivity index (χ2v) is 7.30. The van der Waals surface area contributed by atoms with E-state index in [1.807, 2.05) is 42.5 Å². The highest BCUT2D eigenvalue weighted by Gasteiger charge is 2.18. The quantitative estimate of drug-likeness (QED) is 0.543. The van der Waals surface area contributed by atoms with E-state index in [0.717, 1.165) is 22.3 Å². The minimum absolute atomic E-state index is 0.0864. The lowest BCUT2D eigenvalue weighted by atomic mass is 9.99. The van der Waals surface area contributed by atoms with E-state index < -0.39 is 0 Å². The van der Waals surface area contributed by atoms with Gasteiger partial charge < -0.3 is 19.1 Å². The summed E-state index contributed by atoms with van der Waals surface area (Å²) in [5.41, 5.74) is 4.17. The van der Waals surface area contributed by atoms with Gasteiger partial charge in [0.15, 0.2) is 11.5 Å². The Morgan fingerprint density at radius 3 is 2.58 bits per heavy atom. The van der Waals surface area contributed by atoms with Crippen molar-refractivity contribution < 1.29 is 19.0 Å². The molecule has 5 heteroatoms. The van der Waals surface area contributed by atoms with Gasteiger partial charge in [0.1, 0.15) is 13.2 Å². The van der Waals surface area contributed by atoms with Crippen LogP contribution in [0.3, 0.4) is 0 Å². The molecule has 0 fully saturated rings. The fraction of sp³-hybridized carbons (Fsp3) is 0.192. The van der Waals surface area contributed by atoms with Crippen molar-refractivity contribution in [1.82, 2.24) is 4.90 Å². The Labute approximate surface area is 182 Å². The highest BCUT2D eigenvalue weighted by Crippen LogP contribution is 2.40. The summed E-state index contributed by atoms with van der Waals surface area (Å²) in [4.78, 5) is 14.5. The van der Waals surface area contributed by atoms with Crippen molar-refractivity contribution in [3.8, 4) is 28.4 Å². The van der Waals surface area contributed by atoms with Crippen LogP contribution in [0.4, 0.5) is 0 Å². The van der Waals surface area contributed by atoms with Gasteiger partial charge in [0.25, 0.3) is 0 Å². The molecule has 3 aromatic carbocycles. The van der Waals surface area contributed by atoms with Gasteiger partial charge in [-0.15, -0.1) is 0 Å². The Hall–Kier alpha value is -3.73. The van der Waals surface area contributed by atoms with Crippen molar-refractivity contribution in [3.05, 3.63) is 83.9 Å². The molecule has 5 nitrogen and oxygen atoms in total. The molecule has 1 aliphatic rings. The summed E-state index contributed by atoms with van der Waals surface area (Å²) < 4.78 is 16.7. The second kappa shape index (κ2) is 9.39. The van der Waals surface area contributed by atoms with E-state index in [9.17, 15) is 4.79 Å². The van der Waals surface area contributed by atoms with Crippen LogP contribution >= 0.6 is 0 Å². The van der Waals surface area contributed by atoms with E-state index in [-0.39, 0.29) is 5.91 Å². The number of amides is 1. The van der Waals surface area contributed by atoms with Gasteiger partial charge in [0.05, 0.1) is 7.11 Å². The Morgan fingerprint density at radius 2 is 1.77 bits per heavy atom. The first-order valence-electron chi connectivity index (χ1n) is 10.2. The van der Waals surface area contributed by atoms with Gasteiger partial charge in [-0.05, 0) is 40.5 Å². The molecule has 0 aliphatic carbocycles. The zero-order valence-corrected chi connectivity index (χ0v) is 17.7. The van der Waals surface area contributed by atoms with E-state index in [1.54, 1.807) is 31.2 Å². The number of hydrogen-bond donors (Lipinski definition) is 0. The third-order valence-corrected chi connectivity index (χ3v) is 5.15. The Bertz CT molecular complexity index is 1070. The predicted molar refractivity (Wildman–Crippen MR) is 121 cm³/mol. The maximum Gasteiger partial charge on any atom is 0.246 e. The number of carbonyl (C=O) groups excluding carboxylic acids is 1. The van der Waals surface area contributed by atoms with Crippen LogP contribution in [0.2, 0.25) is 0 Å². The minimum Gasteiger partial charge on any atom is -0.493 e. The average Bonchev–Trinajstić information content (AvgIpc) is 2.82. The summed E-state index contributed by atoms with van der Waals surface area (Å²) in [6.45, 7) is 1.50. The normalized spacial score (nSPS) is 12.6. The highest BCUT2D eigenvalue weighted by molar-refractivity contribution is 5.92. The van der Waals surface area contributed by atoms with Gasteiger partial charge in [0, 0.05) is 19.7 Å². The molecule has 0 N–H and O–H groups in total. The van der Waals surface area contributed by atoms with Crippen molar-refractivity contribution in [1.29, 1.82) is 0 Å². The number of benzene rings is 3. The fourth-order valence-corrected chi connectivity index (χ4v) is 3.58. The van der Waals surface area contributed by atoms with Gasteiger partial charge in [-0.1, -0.05) is 54.6 Å². The van der Waals surface area contributed by atoms with Crippen molar-refractivity contribution in [2.75, 3.05) is 27.4 Å². The fourth-order valence-electron chi connectivity index (χ4n) is 3.58. The lowest BCUT2D eigenvalue weighted by Crippen LogP contribution is -2.24. The first kappa shape index (κ1) is 20.5. The van der Waals surface area contributed by atoms with Gasteiger partial charge >= 0.3 is 0 Å². The van der Waals surface area contributed by atoms with Crippen molar-refractivity contribution in [3.63, 3.8) is 0 Å². The van der Waals surface area contributed by atoms with Gasteiger partial charge in [0.2, 0.25) is 11.7 Å². The van der Waals surface area contributed by atoms with Crippen LogP contribution < -0.4 is 14.2 Å². The summed E-state index contributed by atoms with van der Waals surface area (Å²) in [7, 11) is 3.39. The molecule has 0 saturated carbocycles.